The zero-order valence-corrected chi connectivity index (χ0v) is 20.0. The van der Waals surface area contributed by atoms with Crippen LogP contribution in [0.5, 0.6) is 0 Å². The molecule has 4 unspecified atom stereocenters. The maximum atomic E-state index is 12.2. The number of aromatic amines is 1. The van der Waals surface area contributed by atoms with Crippen LogP contribution in [-0.2, 0) is 31.6 Å². The normalized spacial score (nSPS) is 29.5. The molecule has 0 spiro atoms. The minimum atomic E-state index is -5.78. The number of rotatable bonds is 9. The third kappa shape index (κ3) is 6.78. The minimum Gasteiger partial charge on any atom is -0.396 e. The van der Waals surface area contributed by atoms with Gasteiger partial charge in [0.1, 0.15) is 11.9 Å². The van der Waals surface area contributed by atoms with Crippen LogP contribution in [0.1, 0.15) is 20.1 Å². The van der Waals surface area contributed by atoms with Crippen LogP contribution in [0.25, 0.3) is 0 Å². The van der Waals surface area contributed by atoms with Gasteiger partial charge in [-0.25, -0.2) is 23.3 Å². The molecule has 0 amide bonds. The van der Waals surface area contributed by atoms with Crippen LogP contribution < -0.4 is 17.1 Å². The van der Waals surface area contributed by atoms with Crippen molar-refractivity contribution >= 4 is 23.5 Å². The highest BCUT2D eigenvalue weighted by Crippen LogP contribution is 2.66. The Bertz CT molecular complexity index is 1230. The van der Waals surface area contributed by atoms with Gasteiger partial charge in [-0.2, -0.15) is 13.6 Å². The van der Waals surface area contributed by atoms with E-state index in [9.17, 15) is 38.2 Å². The Balaban J connectivity index is 2.38. The van der Waals surface area contributed by atoms with E-state index in [1.54, 1.807) is 0 Å². The second kappa shape index (κ2) is 10.2. The molecule has 18 nitrogen and oxygen atoms in total. The number of nitrogens with two attached hydrogens (primary N) is 1. The van der Waals surface area contributed by atoms with E-state index in [4.69, 9.17) is 24.8 Å². The van der Waals surface area contributed by atoms with Gasteiger partial charge in [0.2, 0.25) is 0 Å². The van der Waals surface area contributed by atoms with E-state index >= 15 is 0 Å². The largest absolute Gasteiger partial charge is 0.490 e. The first kappa shape index (κ1) is 28.7. The van der Waals surface area contributed by atoms with Crippen LogP contribution in [-0.4, -0.2) is 63.6 Å². The van der Waals surface area contributed by atoms with E-state index in [0.29, 0.717) is 0 Å². The third-order valence-corrected chi connectivity index (χ3v) is 8.35. The molecule has 2 rings (SSSR count). The monoisotopic (exact) mass is 550 g/mol. The van der Waals surface area contributed by atoms with Gasteiger partial charge in [0.05, 0.1) is 18.8 Å². The molecule has 0 radical (unpaired) electrons. The summed E-state index contributed by atoms with van der Waals surface area (Å²) in [7, 11) is -16.9. The van der Waals surface area contributed by atoms with Crippen molar-refractivity contribution in [2.24, 2.45) is 11.7 Å². The van der Waals surface area contributed by atoms with Gasteiger partial charge in [-0.1, -0.05) is 5.92 Å². The number of nitrogens with one attached hydrogen (secondary N) is 1. The summed E-state index contributed by atoms with van der Waals surface area (Å²) in [5, 5.41) is 9.94. The standard InChI is InChI=1S/C13H21N4O14P3/c1-3-4-13(14)8(5-18)9(28-10(13)17-6-15-11(19)16-12(17)20)7(2)29-33(24,25)31-34(26,27)30-32(21,22)23/h6-10,18H,5,14H2,1-2H3,(H,24,25)(H,26,27)(H,16,19,20)(H2,21,22,23)/t7-,8?,9-,10-,13?/m1/s1. The number of ether oxygens (including phenoxy) is 1. The van der Waals surface area contributed by atoms with Gasteiger partial charge in [-0.05, 0) is 13.8 Å². The molecule has 0 aliphatic carbocycles. The van der Waals surface area contributed by atoms with Crippen LogP contribution in [0.4, 0.5) is 0 Å². The fourth-order valence-electron chi connectivity index (χ4n) is 3.26. The van der Waals surface area contributed by atoms with Crippen molar-refractivity contribution in [3.05, 3.63) is 27.3 Å². The van der Waals surface area contributed by atoms with Crippen LogP contribution in [0.15, 0.2) is 15.9 Å². The molecule has 1 aromatic rings. The number of hydrogen-bond acceptors (Lipinski definition) is 12. The van der Waals surface area contributed by atoms with Gasteiger partial charge in [0.15, 0.2) is 6.23 Å². The highest BCUT2D eigenvalue weighted by atomic mass is 31.3. The number of phosphoric ester groups is 1. The SMILES string of the molecule is CC#CC1(N)C(CO)[C@@H]([C@@H](C)OP(=O)(O)OP(=O)(O)OP(=O)(O)O)O[C@H]1n1cnc(=O)[nH]c1=O. The van der Waals surface area contributed by atoms with Crippen molar-refractivity contribution in [2.45, 2.75) is 37.8 Å². The molecule has 1 saturated heterocycles. The van der Waals surface area contributed by atoms with Gasteiger partial charge in [-0.3, -0.25) is 14.1 Å². The third-order valence-electron chi connectivity index (χ3n) is 4.42. The topological polar surface area (TPSA) is 283 Å². The number of nitrogens with zero attached hydrogens (tertiary/aromatic N) is 2. The molecule has 0 aromatic carbocycles. The Labute approximate surface area is 190 Å². The Morgan fingerprint density at radius 3 is 2.38 bits per heavy atom. The average Bonchev–Trinajstić information content (AvgIpc) is 2.90. The summed E-state index contributed by atoms with van der Waals surface area (Å²) < 4.78 is 52.9. The van der Waals surface area contributed by atoms with Crippen molar-refractivity contribution in [3.8, 4) is 11.8 Å². The molecule has 1 aliphatic heterocycles. The maximum Gasteiger partial charge on any atom is 0.490 e. The summed E-state index contributed by atoms with van der Waals surface area (Å²) in [5.74, 6) is 3.86. The van der Waals surface area contributed by atoms with Crippen molar-refractivity contribution in [3.63, 3.8) is 0 Å². The summed E-state index contributed by atoms with van der Waals surface area (Å²) in [5.41, 5.74) is 2.50. The molecule has 34 heavy (non-hydrogen) atoms. The lowest BCUT2D eigenvalue weighted by Crippen LogP contribution is -2.54. The van der Waals surface area contributed by atoms with E-state index in [2.05, 4.69) is 25.4 Å². The second-order valence-electron chi connectivity index (χ2n) is 6.84. The molecule has 192 valence electrons. The average molecular weight is 550 g/mol. The molecule has 2 heterocycles. The van der Waals surface area contributed by atoms with Crippen molar-refractivity contribution in [1.29, 1.82) is 0 Å². The molecule has 0 saturated carbocycles. The predicted octanol–water partition coefficient (Wildman–Crippen LogP) is -2.11. The zero-order valence-electron chi connectivity index (χ0n) is 17.3. The lowest BCUT2D eigenvalue weighted by Gasteiger charge is -2.30. The van der Waals surface area contributed by atoms with E-state index in [0.717, 1.165) is 17.8 Å². The van der Waals surface area contributed by atoms with E-state index in [1.165, 1.54) is 6.92 Å². The maximum absolute atomic E-state index is 12.2. The van der Waals surface area contributed by atoms with Crippen LogP contribution in [0, 0.1) is 17.8 Å². The lowest BCUT2D eigenvalue weighted by atomic mass is 9.81. The molecule has 8 N–H and O–H groups in total. The smallest absolute Gasteiger partial charge is 0.396 e. The van der Waals surface area contributed by atoms with E-state index < -0.39 is 71.3 Å². The number of hydrogen-bond donors (Lipinski definition) is 7. The van der Waals surface area contributed by atoms with Crippen LogP contribution in [0.3, 0.4) is 0 Å². The quantitative estimate of drug-likeness (QED) is 0.128. The Morgan fingerprint density at radius 2 is 1.88 bits per heavy atom. The molecular formula is C13H21N4O14P3. The van der Waals surface area contributed by atoms with E-state index in [-0.39, 0.29) is 0 Å². The highest BCUT2D eigenvalue weighted by molar-refractivity contribution is 7.66. The van der Waals surface area contributed by atoms with Gasteiger partial charge < -0.3 is 35.2 Å². The van der Waals surface area contributed by atoms with Crippen LogP contribution >= 0.6 is 23.5 Å². The van der Waals surface area contributed by atoms with Gasteiger partial charge in [0.25, 0.3) is 0 Å². The van der Waals surface area contributed by atoms with Crippen LogP contribution in [0.2, 0.25) is 0 Å². The van der Waals surface area contributed by atoms with Crippen molar-refractivity contribution < 1.29 is 56.3 Å². The fraction of sp³-hybridized carbons (Fsp3) is 0.615. The lowest BCUT2D eigenvalue weighted by molar-refractivity contribution is -0.0686. The predicted molar refractivity (Wildman–Crippen MR) is 108 cm³/mol. The van der Waals surface area contributed by atoms with E-state index in [1.807, 2.05) is 4.98 Å². The molecule has 1 aliphatic rings. The molecule has 21 heteroatoms. The highest BCUT2D eigenvalue weighted by Gasteiger charge is 2.57. The number of aliphatic hydroxyl groups excluding tert-OH is 1. The first-order chi connectivity index (χ1) is 15.4. The fourth-order valence-corrected chi connectivity index (χ4v) is 6.46. The summed E-state index contributed by atoms with van der Waals surface area (Å²) in [6, 6.07) is 0. The van der Waals surface area contributed by atoms with Gasteiger partial charge in [-0.15, -0.1) is 5.92 Å². The zero-order chi connectivity index (χ0) is 26.1. The molecule has 0 bridgehead atoms. The Kier molecular flexibility index (Phi) is 8.62. The number of phosphoric acid groups is 3. The number of aromatic nitrogens is 3. The summed E-state index contributed by atoms with van der Waals surface area (Å²) in [6.45, 7) is 1.72. The number of H-pyrrole nitrogens is 1. The molecule has 1 aromatic heterocycles. The van der Waals surface area contributed by atoms with Crippen molar-refractivity contribution in [2.75, 3.05) is 6.61 Å². The molecular weight excluding hydrogens is 529 g/mol. The summed E-state index contributed by atoms with van der Waals surface area (Å²) in [6.07, 6.45) is -3.72. The minimum absolute atomic E-state index is 0.756. The second-order valence-corrected chi connectivity index (χ2v) is 11.2. The first-order valence-corrected chi connectivity index (χ1v) is 13.5. The summed E-state index contributed by atoms with van der Waals surface area (Å²) in [4.78, 5) is 65.0. The van der Waals surface area contributed by atoms with Crippen molar-refractivity contribution in [1.82, 2.24) is 14.5 Å². The first-order valence-electron chi connectivity index (χ1n) is 8.93. The number of aliphatic hydroxyl groups is 1. The Hall–Kier alpha value is -1.54. The molecule has 1 fully saturated rings. The summed E-state index contributed by atoms with van der Waals surface area (Å²) >= 11 is 0. The molecule has 7 atom stereocenters. The van der Waals surface area contributed by atoms with Gasteiger partial charge >= 0.3 is 34.8 Å². The Morgan fingerprint density at radius 1 is 1.26 bits per heavy atom. The van der Waals surface area contributed by atoms with Gasteiger partial charge in [0, 0.05) is 5.92 Å².